The molecule has 2 rings (SSSR count). The zero-order chi connectivity index (χ0) is 10.3. The highest BCUT2D eigenvalue weighted by molar-refractivity contribution is 6.01. The van der Waals surface area contributed by atoms with Crippen molar-refractivity contribution in [2.24, 2.45) is 5.92 Å². The van der Waals surface area contributed by atoms with E-state index in [0.29, 0.717) is 12.3 Å². The Morgan fingerprint density at radius 3 is 2.57 bits per heavy atom. The molecule has 14 heavy (non-hydrogen) atoms. The van der Waals surface area contributed by atoms with Gasteiger partial charge >= 0.3 is 0 Å². The van der Waals surface area contributed by atoms with E-state index in [0.717, 1.165) is 12.8 Å². The van der Waals surface area contributed by atoms with Crippen LogP contribution in [0.5, 0.6) is 0 Å². The van der Waals surface area contributed by atoms with Gasteiger partial charge in [0, 0.05) is 0 Å². The molecule has 2 fully saturated rings. The third-order valence-corrected chi connectivity index (χ3v) is 2.88. The Balaban J connectivity index is 2.02. The number of carbonyl (C=O) groups is 2. The van der Waals surface area contributed by atoms with Crippen molar-refractivity contribution in [3.05, 3.63) is 0 Å². The number of hydrogen-bond donors (Lipinski definition) is 2. The average Bonchev–Trinajstić information content (AvgIpc) is 2.81. The lowest BCUT2D eigenvalue weighted by molar-refractivity contribution is -0.138. The molecule has 1 saturated carbocycles. The molecular formula is C10H16N2O2. The highest BCUT2D eigenvalue weighted by Gasteiger charge is 2.55. The minimum absolute atomic E-state index is 0.00255. The summed E-state index contributed by atoms with van der Waals surface area (Å²) in [5, 5.41) is 5.62. The zero-order valence-corrected chi connectivity index (χ0v) is 8.59. The molecule has 1 aliphatic carbocycles. The third-order valence-electron chi connectivity index (χ3n) is 2.88. The molecule has 0 unspecified atom stereocenters. The van der Waals surface area contributed by atoms with Gasteiger partial charge in [0.15, 0.2) is 0 Å². The molecule has 4 nitrogen and oxygen atoms in total. The zero-order valence-electron chi connectivity index (χ0n) is 8.59. The second-order valence-electron chi connectivity index (χ2n) is 4.73. The fourth-order valence-corrected chi connectivity index (χ4v) is 1.86. The maximum absolute atomic E-state index is 11.6. The summed E-state index contributed by atoms with van der Waals surface area (Å²) < 4.78 is 0. The van der Waals surface area contributed by atoms with E-state index in [1.54, 1.807) is 0 Å². The van der Waals surface area contributed by atoms with Gasteiger partial charge in [0.2, 0.25) is 11.8 Å². The molecule has 1 atom stereocenters. The van der Waals surface area contributed by atoms with Gasteiger partial charge in [0.05, 0.1) is 0 Å². The number of amides is 2. The first-order valence-electron chi connectivity index (χ1n) is 5.16. The van der Waals surface area contributed by atoms with Crippen LogP contribution in [-0.2, 0) is 9.59 Å². The smallest absolute Gasteiger partial charge is 0.246 e. The van der Waals surface area contributed by atoms with Crippen molar-refractivity contribution in [1.82, 2.24) is 10.6 Å². The maximum Gasteiger partial charge on any atom is 0.246 e. The normalized spacial score (nSPS) is 28.9. The van der Waals surface area contributed by atoms with Gasteiger partial charge in [0.1, 0.15) is 11.6 Å². The van der Waals surface area contributed by atoms with E-state index in [2.05, 4.69) is 10.6 Å². The fourth-order valence-electron chi connectivity index (χ4n) is 1.86. The molecule has 2 N–H and O–H groups in total. The first kappa shape index (κ1) is 9.49. The molecule has 1 heterocycles. The highest BCUT2D eigenvalue weighted by Crippen LogP contribution is 2.37. The van der Waals surface area contributed by atoms with Gasteiger partial charge in [-0.15, -0.1) is 0 Å². The van der Waals surface area contributed by atoms with Crippen molar-refractivity contribution in [2.45, 2.75) is 44.7 Å². The van der Waals surface area contributed by atoms with Crippen LogP contribution in [0.4, 0.5) is 0 Å². The summed E-state index contributed by atoms with van der Waals surface area (Å²) in [6.07, 6.45) is 2.30. The van der Waals surface area contributed by atoms with Crippen LogP contribution in [0.1, 0.15) is 33.1 Å². The van der Waals surface area contributed by atoms with E-state index in [1.165, 1.54) is 0 Å². The predicted molar refractivity (Wildman–Crippen MR) is 51.5 cm³/mol. The fraction of sp³-hybridized carbons (Fsp3) is 0.800. The minimum Gasteiger partial charge on any atom is -0.342 e. The Labute approximate surface area is 83.4 Å². The van der Waals surface area contributed by atoms with Crippen molar-refractivity contribution in [3.8, 4) is 0 Å². The molecule has 78 valence electrons. The number of piperazine rings is 1. The summed E-state index contributed by atoms with van der Waals surface area (Å²) in [7, 11) is 0. The van der Waals surface area contributed by atoms with Gasteiger partial charge < -0.3 is 10.6 Å². The van der Waals surface area contributed by atoms with Crippen molar-refractivity contribution < 1.29 is 9.59 Å². The monoisotopic (exact) mass is 196 g/mol. The lowest BCUT2D eigenvalue weighted by Gasteiger charge is -2.30. The molecule has 4 heteroatoms. The number of hydrogen-bond acceptors (Lipinski definition) is 2. The third kappa shape index (κ3) is 1.49. The van der Waals surface area contributed by atoms with E-state index in [4.69, 9.17) is 0 Å². The minimum atomic E-state index is -0.523. The molecule has 0 aromatic carbocycles. The largest absolute Gasteiger partial charge is 0.342 e. The SMILES string of the molecule is CC(C)C[C@H]1NC(=O)C2(CC2)NC1=O. The molecule has 1 spiro atoms. The molecule has 0 radical (unpaired) electrons. The summed E-state index contributed by atoms with van der Waals surface area (Å²) >= 11 is 0. The van der Waals surface area contributed by atoms with Crippen LogP contribution in [0.15, 0.2) is 0 Å². The summed E-state index contributed by atoms with van der Waals surface area (Å²) in [5.41, 5.74) is -0.523. The first-order chi connectivity index (χ1) is 6.53. The van der Waals surface area contributed by atoms with E-state index in [-0.39, 0.29) is 17.9 Å². The van der Waals surface area contributed by atoms with Crippen LogP contribution in [0.2, 0.25) is 0 Å². The first-order valence-corrected chi connectivity index (χ1v) is 5.16. The standard InChI is InChI=1S/C10H16N2O2/c1-6(2)5-7-8(13)12-10(3-4-10)9(14)11-7/h6-7H,3-5H2,1-2H3,(H,11,14)(H,12,13)/t7-/m1/s1. The average molecular weight is 196 g/mol. The molecule has 1 aliphatic heterocycles. The molecular weight excluding hydrogens is 180 g/mol. The van der Waals surface area contributed by atoms with Gasteiger partial charge in [-0.1, -0.05) is 13.8 Å². The Kier molecular flexibility index (Phi) is 2.01. The Hall–Kier alpha value is -1.06. The van der Waals surface area contributed by atoms with Crippen molar-refractivity contribution in [3.63, 3.8) is 0 Å². The van der Waals surface area contributed by atoms with Gasteiger partial charge in [-0.05, 0) is 25.2 Å². The second kappa shape index (κ2) is 2.97. The lowest BCUT2D eigenvalue weighted by Crippen LogP contribution is -2.63. The van der Waals surface area contributed by atoms with E-state index >= 15 is 0 Å². The van der Waals surface area contributed by atoms with Gasteiger partial charge in [-0.25, -0.2) is 0 Å². The van der Waals surface area contributed by atoms with E-state index < -0.39 is 5.54 Å². The van der Waals surface area contributed by atoms with Gasteiger partial charge in [-0.3, -0.25) is 9.59 Å². The Morgan fingerprint density at radius 1 is 1.43 bits per heavy atom. The topological polar surface area (TPSA) is 58.2 Å². The highest BCUT2D eigenvalue weighted by atomic mass is 16.2. The molecule has 2 aliphatic rings. The van der Waals surface area contributed by atoms with E-state index in [9.17, 15) is 9.59 Å². The quantitative estimate of drug-likeness (QED) is 0.662. The number of carbonyl (C=O) groups excluding carboxylic acids is 2. The van der Waals surface area contributed by atoms with Crippen LogP contribution in [0, 0.1) is 5.92 Å². The van der Waals surface area contributed by atoms with Crippen molar-refractivity contribution in [1.29, 1.82) is 0 Å². The molecule has 0 bridgehead atoms. The summed E-state index contributed by atoms with van der Waals surface area (Å²) in [6, 6.07) is -0.325. The van der Waals surface area contributed by atoms with Gasteiger partial charge in [0.25, 0.3) is 0 Å². The summed E-state index contributed by atoms with van der Waals surface area (Å²) in [4.78, 5) is 23.2. The molecule has 2 amide bonds. The molecule has 1 saturated heterocycles. The lowest BCUT2D eigenvalue weighted by atomic mass is 9.99. The Morgan fingerprint density at radius 2 is 2.07 bits per heavy atom. The van der Waals surface area contributed by atoms with Gasteiger partial charge in [-0.2, -0.15) is 0 Å². The predicted octanol–water partition coefficient (Wildman–Crippen LogP) is 0.180. The van der Waals surface area contributed by atoms with Crippen LogP contribution < -0.4 is 10.6 Å². The van der Waals surface area contributed by atoms with Crippen LogP contribution in [0.25, 0.3) is 0 Å². The maximum atomic E-state index is 11.6. The summed E-state index contributed by atoms with van der Waals surface area (Å²) in [6.45, 7) is 4.09. The van der Waals surface area contributed by atoms with Crippen LogP contribution >= 0.6 is 0 Å². The molecule has 0 aromatic heterocycles. The van der Waals surface area contributed by atoms with Crippen LogP contribution in [0.3, 0.4) is 0 Å². The summed E-state index contributed by atoms with van der Waals surface area (Å²) in [5.74, 6) is 0.401. The molecule has 0 aromatic rings. The van der Waals surface area contributed by atoms with E-state index in [1.807, 2.05) is 13.8 Å². The second-order valence-corrected chi connectivity index (χ2v) is 4.73. The number of nitrogens with one attached hydrogen (secondary N) is 2. The Bertz CT molecular complexity index is 282. The van der Waals surface area contributed by atoms with Crippen LogP contribution in [-0.4, -0.2) is 23.4 Å². The number of rotatable bonds is 2. The van der Waals surface area contributed by atoms with Crippen molar-refractivity contribution >= 4 is 11.8 Å². The van der Waals surface area contributed by atoms with Crippen molar-refractivity contribution in [2.75, 3.05) is 0 Å².